The molecule has 18 heavy (non-hydrogen) atoms. The Morgan fingerprint density at radius 3 is 2.72 bits per heavy atom. The van der Waals surface area contributed by atoms with Crippen molar-refractivity contribution in [2.75, 3.05) is 17.7 Å². The molecule has 0 aliphatic heterocycles. The maximum Gasteiger partial charge on any atom is 0.224 e. The molecule has 6 heteroatoms. The minimum Gasteiger partial charge on any atom is -0.368 e. The Labute approximate surface area is 107 Å². The van der Waals surface area contributed by atoms with Gasteiger partial charge in [-0.2, -0.15) is 15.1 Å². The maximum atomic E-state index is 5.73. The molecule has 0 spiro atoms. The molecule has 0 bridgehead atoms. The molecular weight excluding hydrogens is 228 g/mol. The summed E-state index contributed by atoms with van der Waals surface area (Å²) >= 11 is 0. The lowest BCUT2D eigenvalue weighted by molar-refractivity contribution is 0.503. The zero-order valence-corrected chi connectivity index (χ0v) is 11.3. The van der Waals surface area contributed by atoms with E-state index >= 15 is 0 Å². The lowest BCUT2D eigenvalue weighted by Gasteiger charge is -2.27. The van der Waals surface area contributed by atoms with Gasteiger partial charge in [0.05, 0.1) is 11.6 Å². The van der Waals surface area contributed by atoms with Crippen LogP contribution in [0, 0.1) is 5.92 Å². The molecule has 0 fully saturated rings. The molecule has 3 N–H and O–H groups in total. The fourth-order valence-electron chi connectivity index (χ4n) is 2.15. The molecule has 0 radical (unpaired) electrons. The molecule has 0 saturated carbocycles. The summed E-state index contributed by atoms with van der Waals surface area (Å²) in [7, 11) is 2.03. The highest BCUT2D eigenvalue weighted by Gasteiger charge is 2.17. The lowest BCUT2D eigenvalue weighted by atomic mass is 10.0. The second-order valence-electron chi connectivity index (χ2n) is 5.13. The Morgan fingerprint density at radius 1 is 1.33 bits per heavy atom. The van der Waals surface area contributed by atoms with Crippen molar-refractivity contribution in [3.05, 3.63) is 6.20 Å². The molecule has 2 aromatic heterocycles. The quantitative estimate of drug-likeness (QED) is 0.862. The number of anilines is 2. The van der Waals surface area contributed by atoms with Crippen molar-refractivity contribution in [3.8, 4) is 0 Å². The van der Waals surface area contributed by atoms with Crippen LogP contribution >= 0.6 is 0 Å². The first-order chi connectivity index (χ1) is 8.49. The number of nitrogens with one attached hydrogen (secondary N) is 1. The van der Waals surface area contributed by atoms with E-state index < -0.39 is 0 Å². The van der Waals surface area contributed by atoms with Gasteiger partial charge in [-0.25, -0.2) is 0 Å². The number of nitrogen functional groups attached to an aromatic ring is 1. The monoisotopic (exact) mass is 248 g/mol. The molecule has 2 rings (SSSR count). The zero-order valence-electron chi connectivity index (χ0n) is 11.3. The summed E-state index contributed by atoms with van der Waals surface area (Å²) in [6.45, 7) is 6.61. The van der Waals surface area contributed by atoms with E-state index in [1.807, 2.05) is 7.05 Å². The predicted octanol–water partition coefficient (Wildman–Crippen LogP) is 1.81. The van der Waals surface area contributed by atoms with Crippen LogP contribution in [0.2, 0.25) is 0 Å². The van der Waals surface area contributed by atoms with Crippen molar-refractivity contribution < 1.29 is 0 Å². The summed E-state index contributed by atoms with van der Waals surface area (Å²) in [4.78, 5) is 10.6. The number of rotatable bonds is 4. The Bertz CT molecular complexity index is 532. The first-order valence-electron chi connectivity index (χ1n) is 6.18. The van der Waals surface area contributed by atoms with Gasteiger partial charge in [-0.15, -0.1) is 0 Å². The number of aromatic nitrogens is 4. The molecule has 0 aliphatic rings. The van der Waals surface area contributed by atoms with Gasteiger partial charge >= 0.3 is 0 Å². The molecule has 1 atom stereocenters. The van der Waals surface area contributed by atoms with Gasteiger partial charge in [-0.3, -0.25) is 5.10 Å². The Morgan fingerprint density at radius 2 is 2.06 bits per heavy atom. The molecule has 98 valence electrons. The third kappa shape index (κ3) is 2.37. The van der Waals surface area contributed by atoms with Gasteiger partial charge in [0, 0.05) is 13.1 Å². The van der Waals surface area contributed by atoms with Crippen LogP contribution in [-0.4, -0.2) is 33.3 Å². The van der Waals surface area contributed by atoms with Crippen LogP contribution in [0.1, 0.15) is 27.2 Å². The summed E-state index contributed by atoms with van der Waals surface area (Å²) in [6.07, 6.45) is 2.84. The molecule has 1 unspecified atom stereocenters. The number of hydrogen-bond acceptors (Lipinski definition) is 5. The first-order valence-corrected chi connectivity index (χ1v) is 6.18. The van der Waals surface area contributed by atoms with Crippen molar-refractivity contribution in [2.45, 2.75) is 33.2 Å². The Hall–Kier alpha value is -1.85. The largest absolute Gasteiger partial charge is 0.368 e. The summed E-state index contributed by atoms with van der Waals surface area (Å²) < 4.78 is 0. The normalized spacial score (nSPS) is 13.2. The van der Waals surface area contributed by atoms with E-state index in [0.717, 1.165) is 17.6 Å². The van der Waals surface area contributed by atoms with Crippen LogP contribution in [0.4, 0.5) is 11.8 Å². The fraction of sp³-hybridized carbons (Fsp3) is 0.583. The van der Waals surface area contributed by atoms with Crippen LogP contribution in [0.15, 0.2) is 6.20 Å². The van der Waals surface area contributed by atoms with Crippen molar-refractivity contribution in [2.24, 2.45) is 5.92 Å². The van der Waals surface area contributed by atoms with Gasteiger partial charge in [-0.05, 0) is 19.3 Å². The van der Waals surface area contributed by atoms with Crippen LogP contribution < -0.4 is 10.6 Å². The molecule has 2 aromatic rings. The van der Waals surface area contributed by atoms with E-state index in [0.29, 0.717) is 17.6 Å². The van der Waals surface area contributed by atoms with Gasteiger partial charge in [-0.1, -0.05) is 13.8 Å². The molecule has 2 heterocycles. The average molecular weight is 248 g/mol. The predicted molar refractivity (Wildman–Crippen MR) is 73.4 cm³/mol. The summed E-state index contributed by atoms with van der Waals surface area (Å²) in [5.41, 5.74) is 6.41. The molecular formula is C12H20N6. The Kier molecular flexibility index (Phi) is 3.36. The summed E-state index contributed by atoms with van der Waals surface area (Å²) in [5.74, 6) is 1.74. The first kappa shape index (κ1) is 12.6. The van der Waals surface area contributed by atoms with Crippen LogP contribution in [0.3, 0.4) is 0 Å². The Balaban J connectivity index is 2.37. The second kappa shape index (κ2) is 4.80. The molecule has 0 aliphatic carbocycles. The van der Waals surface area contributed by atoms with E-state index in [4.69, 9.17) is 5.73 Å². The van der Waals surface area contributed by atoms with E-state index in [-0.39, 0.29) is 5.95 Å². The third-order valence-electron chi connectivity index (χ3n) is 3.11. The van der Waals surface area contributed by atoms with Gasteiger partial charge in [0.1, 0.15) is 5.82 Å². The van der Waals surface area contributed by atoms with Crippen molar-refractivity contribution in [3.63, 3.8) is 0 Å². The topological polar surface area (TPSA) is 83.7 Å². The molecule has 6 nitrogen and oxygen atoms in total. The van der Waals surface area contributed by atoms with Crippen molar-refractivity contribution in [1.29, 1.82) is 0 Å². The summed E-state index contributed by atoms with van der Waals surface area (Å²) in [6, 6.07) is 0.386. The van der Waals surface area contributed by atoms with E-state index in [9.17, 15) is 0 Å². The minimum atomic E-state index is 0.269. The SMILES string of the molecule is CC(C)CC(C)N(C)c1nc(N)nc2[nH]ncc12. The zero-order chi connectivity index (χ0) is 13.3. The standard InChI is InChI=1S/C12H20N6/c1-7(2)5-8(3)18(4)11-9-6-14-17-10(9)15-12(13)16-11/h6-8H,5H2,1-4H3,(H3,13,14,15,16,17). The highest BCUT2D eigenvalue weighted by molar-refractivity contribution is 5.87. The lowest BCUT2D eigenvalue weighted by Crippen LogP contribution is -2.31. The summed E-state index contributed by atoms with van der Waals surface area (Å²) in [5, 5.41) is 7.73. The third-order valence-corrected chi connectivity index (χ3v) is 3.11. The van der Waals surface area contributed by atoms with E-state index in [1.54, 1.807) is 6.20 Å². The van der Waals surface area contributed by atoms with E-state index in [2.05, 4.69) is 45.8 Å². The maximum absolute atomic E-state index is 5.73. The second-order valence-corrected chi connectivity index (χ2v) is 5.13. The van der Waals surface area contributed by atoms with Crippen LogP contribution in [0.5, 0.6) is 0 Å². The number of H-pyrrole nitrogens is 1. The molecule has 0 amide bonds. The highest BCUT2D eigenvalue weighted by atomic mass is 15.2. The van der Waals surface area contributed by atoms with Gasteiger partial charge < -0.3 is 10.6 Å². The van der Waals surface area contributed by atoms with Crippen LogP contribution in [0.25, 0.3) is 11.0 Å². The van der Waals surface area contributed by atoms with Gasteiger partial charge in [0.25, 0.3) is 0 Å². The van der Waals surface area contributed by atoms with Gasteiger partial charge in [0.2, 0.25) is 5.95 Å². The number of nitrogens with two attached hydrogens (primary N) is 1. The van der Waals surface area contributed by atoms with Crippen LogP contribution in [-0.2, 0) is 0 Å². The van der Waals surface area contributed by atoms with Crippen molar-refractivity contribution in [1.82, 2.24) is 20.2 Å². The molecule has 0 aromatic carbocycles. The van der Waals surface area contributed by atoms with E-state index in [1.165, 1.54) is 0 Å². The fourth-order valence-corrected chi connectivity index (χ4v) is 2.15. The smallest absolute Gasteiger partial charge is 0.224 e. The van der Waals surface area contributed by atoms with Gasteiger partial charge in [0.15, 0.2) is 5.65 Å². The number of aromatic amines is 1. The van der Waals surface area contributed by atoms with Crippen molar-refractivity contribution >= 4 is 22.8 Å². The highest BCUT2D eigenvalue weighted by Crippen LogP contribution is 2.25. The number of nitrogens with zero attached hydrogens (tertiary/aromatic N) is 4. The number of hydrogen-bond donors (Lipinski definition) is 2. The molecule has 0 saturated heterocycles. The number of fused-ring (bicyclic) bond motifs is 1. The average Bonchev–Trinajstić information content (AvgIpc) is 2.73. The minimum absolute atomic E-state index is 0.269.